The van der Waals surface area contributed by atoms with E-state index in [0.717, 1.165) is 19.5 Å². The Morgan fingerprint density at radius 3 is 2.30 bits per heavy atom. The van der Waals surface area contributed by atoms with E-state index in [9.17, 15) is 5.11 Å². The van der Waals surface area contributed by atoms with E-state index in [1.165, 1.54) is 0 Å². The Morgan fingerprint density at radius 2 is 2.10 bits per heavy atom. The quantitative estimate of drug-likeness (QED) is 0.540. The average molecular weight is 143 g/mol. The first-order valence-corrected chi connectivity index (χ1v) is 4.12. The van der Waals surface area contributed by atoms with Crippen molar-refractivity contribution in [3.05, 3.63) is 0 Å². The molecule has 1 aliphatic heterocycles. The molecule has 2 unspecified atom stereocenters. The zero-order valence-corrected chi connectivity index (χ0v) is 7.09. The van der Waals surface area contributed by atoms with Gasteiger partial charge >= 0.3 is 0 Å². The molecule has 2 fully saturated rings. The van der Waals surface area contributed by atoms with Crippen LogP contribution in [-0.2, 0) is 0 Å². The topological polar surface area (TPSA) is 23.5 Å². The second-order valence-electron chi connectivity index (χ2n) is 3.20. The van der Waals surface area contributed by atoms with Crippen LogP contribution in [-0.4, -0.2) is 35.7 Å². The number of aliphatic hydroxyl groups is 1. The maximum Gasteiger partial charge on any atom is 0.0819 e. The minimum atomic E-state index is -0.241. The molecule has 2 rings (SSSR count). The van der Waals surface area contributed by atoms with Gasteiger partial charge in [-0.1, -0.05) is 13.8 Å². The summed E-state index contributed by atoms with van der Waals surface area (Å²) in [4.78, 5) is 2.19. The molecule has 1 saturated carbocycles. The Hall–Kier alpha value is -0.0800. The third kappa shape index (κ3) is 1.18. The third-order valence-electron chi connectivity index (χ3n) is 2.28. The smallest absolute Gasteiger partial charge is 0.0819 e. The van der Waals surface area contributed by atoms with Gasteiger partial charge in [0.2, 0.25) is 0 Å². The van der Waals surface area contributed by atoms with Crippen molar-refractivity contribution in [3.8, 4) is 0 Å². The lowest BCUT2D eigenvalue weighted by Crippen LogP contribution is -2.22. The molecule has 2 atom stereocenters. The number of nitrogens with zero attached hydrogens (tertiary/aromatic N) is 1. The first-order valence-electron chi connectivity index (χ1n) is 4.12. The van der Waals surface area contributed by atoms with Gasteiger partial charge in [-0.15, -0.1) is 0 Å². The van der Waals surface area contributed by atoms with Gasteiger partial charge in [-0.2, -0.15) is 0 Å². The highest BCUT2D eigenvalue weighted by Crippen LogP contribution is 2.48. The Balaban J connectivity index is 0.000000231. The molecule has 60 valence electrons. The van der Waals surface area contributed by atoms with E-state index in [1.54, 1.807) is 0 Å². The SMILES string of the molecule is CC.CN1CC2CC2(O)C1. The highest BCUT2D eigenvalue weighted by atomic mass is 16.3. The number of piperidine rings is 1. The van der Waals surface area contributed by atoms with Gasteiger partial charge in [0.15, 0.2) is 0 Å². The number of rotatable bonds is 0. The lowest BCUT2D eigenvalue weighted by molar-refractivity contribution is 0.135. The zero-order chi connectivity index (χ0) is 7.78. The van der Waals surface area contributed by atoms with Crippen molar-refractivity contribution in [1.29, 1.82) is 0 Å². The maximum atomic E-state index is 9.40. The molecule has 0 bridgehead atoms. The van der Waals surface area contributed by atoms with Gasteiger partial charge in [0.05, 0.1) is 5.60 Å². The highest BCUT2D eigenvalue weighted by molar-refractivity contribution is 5.10. The normalized spacial score (nSPS) is 43.8. The fourth-order valence-electron chi connectivity index (χ4n) is 1.70. The predicted molar refractivity (Wildman–Crippen MR) is 41.9 cm³/mol. The summed E-state index contributed by atoms with van der Waals surface area (Å²) >= 11 is 0. The number of fused-ring (bicyclic) bond motifs is 1. The minimum absolute atomic E-state index is 0.241. The summed E-state index contributed by atoms with van der Waals surface area (Å²) in [6.45, 7) is 6.01. The molecule has 1 heterocycles. The molecule has 0 spiro atoms. The van der Waals surface area contributed by atoms with Crippen molar-refractivity contribution in [2.75, 3.05) is 20.1 Å². The van der Waals surface area contributed by atoms with E-state index in [0.29, 0.717) is 5.92 Å². The van der Waals surface area contributed by atoms with E-state index in [4.69, 9.17) is 0 Å². The third-order valence-corrected chi connectivity index (χ3v) is 2.28. The van der Waals surface area contributed by atoms with Crippen molar-refractivity contribution < 1.29 is 5.11 Å². The minimum Gasteiger partial charge on any atom is -0.388 e. The second-order valence-corrected chi connectivity index (χ2v) is 3.20. The first-order chi connectivity index (χ1) is 4.71. The maximum absolute atomic E-state index is 9.40. The van der Waals surface area contributed by atoms with Crippen LogP contribution < -0.4 is 0 Å². The van der Waals surface area contributed by atoms with Crippen molar-refractivity contribution in [1.82, 2.24) is 4.90 Å². The van der Waals surface area contributed by atoms with Crippen LogP contribution in [0.4, 0.5) is 0 Å². The molecule has 1 saturated heterocycles. The van der Waals surface area contributed by atoms with Crippen LogP contribution in [0.3, 0.4) is 0 Å². The summed E-state index contributed by atoms with van der Waals surface area (Å²) in [5.41, 5.74) is -0.241. The fraction of sp³-hybridized carbons (Fsp3) is 1.00. The van der Waals surface area contributed by atoms with Crippen molar-refractivity contribution in [2.45, 2.75) is 25.9 Å². The molecule has 2 aliphatic rings. The van der Waals surface area contributed by atoms with Gasteiger partial charge < -0.3 is 10.0 Å². The zero-order valence-electron chi connectivity index (χ0n) is 7.09. The largest absolute Gasteiger partial charge is 0.388 e. The average Bonchev–Trinajstić information content (AvgIpc) is 2.38. The van der Waals surface area contributed by atoms with Crippen LogP contribution in [0.25, 0.3) is 0 Å². The molecular formula is C8H17NO. The Morgan fingerprint density at radius 1 is 1.50 bits per heavy atom. The molecule has 0 aromatic carbocycles. The number of hydrogen-bond acceptors (Lipinski definition) is 2. The standard InChI is InChI=1S/C6H11NO.C2H6/c1-7-3-5-2-6(5,8)4-7;1-2/h5,8H,2-4H2,1H3;1-2H3. The summed E-state index contributed by atoms with van der Waals surface area (Å²) in [5, 5.41) is 9.40. The van der Waals surface area contributed by atoms with Crippen LogP contribution in [0.15, 0.2) is 0 Å². The Bertz CT molecular complexity index is 126. The van der Waals surface area contributed by atoms with Crippen molar-refractivity contribution in [2.24, 2.45) is 5.92 Å². The number of β-amino-alcohol motifs (C(OH)–C–C–N with tert-alkyl or cyclic N) is 1. The summed E-state index contributed by atoms with van der Waals surface area (Å²) in [5.74, 6) is 0.618. The molecule has 2 nitrogen and oxygen atoms in total. The fourth-order valence-corrected chi connectivity index (χ4v) is 1.70. The van der Waals surface area contributed by atoms with Crippen LogP contribution in [0.2, 0.25) is 0 Å². The van der Waals surface area contributed by atoms with Crippen LogP contribution in [0.1, 0.15) is 20.3 Å². The molecule has 0 amide bonds. The van der Waals surface area contributed by atoms with E-state index in [-0.39, 0.29) is 5.60 Å². The molecule has 1 N–H and O–H groups in total. The Kier molecular flexibility index (Phi) is 2.02. The lowest BCUT2D eigenvalue weighted by Gasteiger charge is -2.09. The van der Waals surface area contributed by atoms with Crippen molar-refractivity contribution >= 4 is 0 Å². The lowest BCUT2D eigenvalue weighted by atomic mass is 10.3. The van der Waals surface area contributed by atoms with E-state index in [2.05, 4.69) is 11.9 Å². The molecule has 2 heteroatoms. The molecular weight excluding hydrogens is 126 g/mol. The second kappa shape index (κ2) is 2.51. The molecule has 0 aromatic heterocycles. The molecule has 10 heavy (non-hydrogen) atoms. The summed E-state index contributed by atoms with van der Waals surface area (Å²) in [6, 6.07) is 0. The van der Waals surface area contributed by atoms with Crippen LogP contribution in [0.5, 0.6) is 0 Å². The molecule has 1 aliphatic carbocycles. The Labute approximate surface area is 62.8 Å². The summed E-state index contributed by atoms with van der Waals surface area (Å²) in [6.07, 6.45) is 1.05. The highest BCUT2D eigenvalue weighted by Gasteiger charge is 2.57. The van der Waals surface area contributed by atoms with Gasteiger partial charge in [0.25, 0.3) is 0 Å². The predicted octanol–water partition coefficient (Wildman–Crippen LogP) is 0.709. The van der Waals surface area contributed by atoms with E-state index >= 15 is 0 Å². The molecule has 0 radical (unpaired) electrons. The van der Waals surface area contributed by atoms with Gasteiger partial charge in [-0.05, 0) is 13.5 Å². The molecule has 0 aromatic rings. The van der Waals surface area contributed by atoms with Gasteiger partial charge in [0, 0.05) is 19.0 Å². The van der Waals surface area contributed by atoms with Crippen molar-refractivity contribution in [3.63, 3.8) is 0 Å². The summed E-state index contributed by atoms with van der Waals surface area (Å²) in [7, 11) is 2.06. The van der Waals surface area contributed by atoms with E-state index in [1.807, 2.05) is 13.8 Å². The monoisotopic (exact) mass is 143 g/mol. The number of hydrogen-bond donors (Lipinski definition) is 1. The van der Waals surface area contributed by atoms with Gasteiger partial charge in [0.1, 0.15) is 0 Å². The van der Waals surface area contributed by atoms with E-state index < -0.39 is 0 Å². The first kappa shape index (κ1) is 8.02. The number of likely N-dealkylation sites (tertiary alicyclic amines) is 1. The van der Waals surface area contributed by atoms with Crippen LogP contribution >= 0.6 is 0 Å². The summed E-state index contributed by atoms with van der Waals surface area (Å²) < 4.78 is 0. The van der Waals surface area contributed by atoms with Gasteiger partial charge in [-0.3, -0.25) is 0 Å². The number of likely N-dealkylation sites (N-methyl/N-ethyl adjacent to an activating group) is 1. The van der Waals surface area contributed by atoms with Crippen LogP contribution in [0, 0.1) is 5.92 Å². The van der Waals surface area contributed by atoms with Gasteiger partial charge in [-0.25, -0.2) is 0 Å².